The molecule has 0 rings (SSSR count). The zero-order chi connectivity index (χ0) is 26.0. The first-order valence-electron chi connectivity index (χ1n) is 13.1. The van der Waals surface area contributed by atoms with Crippen LogP contribution in [0.4, 0.5) is 9.59 Å². The van der Waals surface area contributed by atoms with Crippen LogP contribution in [0.3, 0.4) is 0 Å². The Morgan fingerprint density at radius 1 is 0.514 bits per heavy atom. The molecule has 0 atom stereocenters. The second-order valence-electron chi connectivity index (χ2n) is 8.19. The monoisotopic (exact) mass is 502 g/mol. The fourth-order valence-corrected chi connectivity index (χ4v) is 2.99. The number of ether oxygens (including phenoxy) is 4. The van der Waals surface area contributed by atoms with Crippen LogP contribution in [0.15, 0.2) is 0 Å². The van der Waals surface area contributed by atoms with Gasteiger partial charge in [-0.25, -0.2) is 9.59 Å². The molecule has 0 aliphatic carbocycles. The molecule has 0 bridgehead atoms. The second kappa shape index (κ2) is 24.6. The van der Waals surface area contributed by atoms with E-state index in [2.05, 4.69) is 17.6 Å². The van der Waals surface area contributed by atoms with Gasteiger partial charge < -0.3 is 29.6 Å². The van der Waals surface area contributed by atoms with E-state index in [1.807, 2.05) is 0 Å². The Bertz CT molecular complexity index is 572. The third-order valence-corrected chi connectivity index (χ3v) is 4.98. The normalized spacial score (nSPS) is 10.3. The van der Waals surface area contributed by atoms with E-state index in [-0.39, 0.29) is 37.7 Å². The molecule has 0 unspecified atom stereocenters. The summed E-state index contributed by atoms with van der Waals surface area (Å²) in [5, 5.41) is 5.37. The van der Waals surface area contributed by atoms with Crippen molar-refractivity contribution in [1.82, 2.24) is 10.6 Å². The third-order valence-electron chi connectivity index (χ3n) is 4.98. The van der Waals surface area contributed by atoms with Crippen LogP contribution in [-0.2, 0) is 28.5 Å². The quantitative estimate of drug-likeness (QED) is 0.124. The van der Waals surface area contributed by atoms with Crippen molar-refractivity contribution < 1.29 is 38.1 Å². The minimum atomic E-state index is -0.449. The maximum Gasteiger partial charge on any atom is 0.407 e. The molecule has 204 valence electrons. The molecule has 0 radical (unpaired) electrons. The fraction of sp³-hybridized carbons (Fsp3) is 0.840. The number of rotatable bonds is 22. The fourth-order valence-electron chi connectivity index (χ4n) is 2.99. The van der Waals surface area contributed by atoms with Crippen molar-refractivity contribution in [2.24, 2.45) is 0 Å². The first-order valence-corrected chi connectivity index (χ1v) is 13.1. The molecule has 0 saturated heterocycles. The zero-order valence-electron chi connectivity index (χ0n) is 21.7. The van der Waals surface area contributed by atoms with Crippen LogP contribution in [0.5, 0.6) is 0 Å². The van der Waals surface area contributed by atoms with E-state index in [1.165, 1.54) is 0 Å². The van der Waals surface area contributed by atoms with Crippen molar-refractivity contribution in [3.05, 3.63) is 0 Å². The summed E-state index contributed by atoms with van der Waals surface area (Å²) in [6, 6.07) is 0. The molecule has 0 aliphatic heterocycles. The summed E-state index contributed by atoms with van der Waals surface area (Å²) >= 11 is 0. The lowest BCUT2D eigenvalue weighted by atomic mass is 10.2. The van der Waals surface area contributed by atoms with Crippen LogP contribution >= 0.6 is 0 Å². The minimum absolute atomic E-state index is 0.209. The molecule has 0 aliphatic rings. The Morgan fingerprint density at radius 2 is 0.971 bits per heavy atom. The van der Waals surface area contributed by atoms with Gasteiger partial charge in [0.05, 0.1) is 26.4 Å². The van der Waals surface area contributed by atoms with E-state index in [4.69, 9.17) is 18.9 Å². The van der Waals surface area contributed by atoms with E-state index in [0.717, 1.165) is 44.9 Å². The molecule has 0 spiro atoms. The van der Waals surface area contributed by atoms with Crippen molar-refractivity contribution in [2.45, 2.75) is 97.3 Å². The lowest BCUT2D eigenvalue weighted by molar-refractivity contribution is -0.146. The van der Waals surface area contributed by atoms with Crippen molar-refractivity contribution in [1.29, 1.82) is 0 Å². The van der Waals surface area contributed by atoms with Gasteiger partial charge in [-0.1, -0.05) is 32.6 Å². The molecule has 0 fully saturated rings. The van der Waals surface area contributed by atoms with E-state index in [1.54, 1.807) is 6.92 Å². The van der Waals surface area contributed by atoms with Gasteiger partial charge in [-0.3, -0.25) is 9.59 Å². The summed E-state index contributed by atoms with van der Waals surface area (Å²) < 4.78 is 20.1. The molecule has 0 aromatic rings. The minimum Gasteiger partial charge on any atom is -0.466 e. The largest absolute Gasteiger partial charge is 0.466 e. The number of unbranched alkanes of at least 4 members (excludes halogenated alkanes) is 7. The lowest BCUT2D eigenvalue weighted by Crippen LogP contribution is -2.26. The molecule has 10 nitrogen and oxygen atoms in total. The molecule has 0 aromatic heterocycles. The molecule has 2 N–H and O–H groups in total. The maximum atomic E-state index is 11.7. The topological polar surface area (TPSA) is 129 Å². The summed E-state index contributed by atoms with van der Waals surface area (Å²) in [5.41, 5.74) is 0. The molecule has 0 aromatic carbocycles. The molecule has 10 heteroatoms. The molecular formula is C25H46N2O8. The van der Waals surface area contributed by atoms with Gasteiger partial charge in [0, 0.05) is 25.9 Å². The first-order chi connectivity index (χ1) is 17.0. The highest BCUT2D eigenvalue weighted by Crippen LogP contribution is 2.05. The number of hydrogen-bond acceptors (Lipinski definition) is 8. The van der Waals surface area contributed by atoms with Gasteiger partial charge in [0.25, 0.3) is 0 Å². The molecule has 0 heterocycles. The number of esters is 2. The van der Waals surface area contributed by atoms with Gasteiger partial charge in [-0.2, -0.15) is 0 Å². The predicted octanol–water partition coefficient (Wildman–Crippen LogP) is 4.64. The summed E-state index contributed by atoms with van der Waals surface area (Å²) in [6.45, 7) is 6.37. The van der Waals surface area contributed by atoms with Gasteiger partial charge >= 0.3 is 24.1 Å². The van der Waals surface area contributed by atoms with Crippen LogP contribution < -0.4 is 10.6 Å². The third kappa shape index (κ3) is 24.4. The SMILES string of the molecule is CCCCCOC(=O)CCCCC(=O)OCCCCOC(=O)NCCCCCCNC(=O)OCC. The van der Waals surface area contributed by atoms with E-state index >= 15 is 0 Å². The number of carbonyl (C=O) groups excluding carboxylic acids is 4. The highest BCUT2D eigenvalue weighted by atomic mass is 16.6. The molecule has 35 heavy (non-hydrogen) atoms. The van der Waals surface area contributed by atoms with Gasteiger partial charge in [0.2, 0.25) is 0 Å². The molecule has 0 saturated carbocycles. The Hall–Kier alpha value is -2.52. The average molecular weight is 503 g/mol. The number of nitrogens with one attached hydrogen (secondary N) is 2. The zero-order valence-corrected chi connectivity index (χ0v) is 21.7. The smallest absolute Gasteiger partial charge is 0.407 e. The summed E-state index contributed by atoms with van der Waals surface area (Å²) in [5.74, 6) is -0.490. The first kappa shape index (κ1) is 32.5. The van der Waals surface area contributed by atoms with Crippen molar-refractivity contribution in [2.75, 3.05) is 39.5 Å². The summed E-state index contributed by atoms with van der Waals surface area (Å²) in [4.78, 5) is 46.0. The Balaban J connectivity index is 3.40. The van der Waals surface area contributed by atoms with Crippen molar-refractivity contribution in [3.8, 4) is 0 Å². The number of amides is 2. The van der Waals surface area contributed by atoms with E-state index in [0.29, 0.717) is 58.4 Å². The Kier molecular flexibility index (Phi) is 22.8. The van der Waals surface area contributed by atoms with Gasteiger partial charge in [-0.15, -0.1) is 0 Å². The van der Waals surface area contributed by atoms with Crippen molar-refractivity contribution >= 4 is 24.1 Å². The van der Waals surface area contributed by atoms with E-state index in [9.17, 15) is 19.2 Å². The number of carbonyl (C=O) groups is 4. The summed E-state index contributed by atoms with van der Waals surface area (Å²) in [7, 11) is 0. The van der Waals surface area contributed by atoms with Gasteiger partial charge in [0.1, 0.15) is 0 Å². The molecular weight excluding hydrogens is 456 g/mol. The number of alkyl carbamates (subject to hydrolysis) is 2. The van der Waals surface area contributed by atoms with Crippen LogP contribution in [0.2, 0.25) is 0 Å². The molecule has 2 amide bonds. The van der Waals surface area contributed by atoms with Crippen molar-refractivity contribution in [3.63, 3.8) is 0 Å². The summed E-state index contributed by atoms with van der Waals surface area (Å²) in [6.07, 6.45) is 8.83. The van der Waals surface area contributed by atoms with Gasteiger partial charge in [0.15, 0.2) is 0 Å². The van der Waals surface area contributed by atoms with Crippen LogP contribution in [0, 0.1) is 0 Å². The Labute approximate surface area is 210 Å². The van der Waals surface area contributed by atoms with Crippen LogP contribution in [0.1, 0.15) is 97.3 Å². The number of hydrogen-bond donors (Lipinski definition) is 2. The van der Waals surface area contributed by atoms with Gasteiger partial charge in [-0.05, 0) is 51.9 Å². The maximum absolute atomic E-state index is 11.7. The Morgan fingerprint density at radius 3 is 1.46 bits per heavy atom. The average Bonchev–Trinajstić information content (AvgIpc) is 2.83. The lowest BCUT2D eigenvalue weighted by Gasteiger charge is -2.08. The second-order valence-corrected chi connectivity index (χ2v) is 8.19. The highest BCUT2D eigenvalue weighted by Gasteiger charge is 2.07. The van der Waals surface area contributed by atoms with Crippen LogP contribution in [-0.4, -0.2) is 63.6 Å². The standard InChI is InChI=1S/C25H46N2O8/c1-3-5-12-19-33-22(28)15-8-9-16-23(29)34-20-13-14-21-35-25(31)27-18-11-7-6-10-17-26-24(30)32-4-2/h3-21H2,1-2H3,(H,26,30)(H,27,31). The highest BCUT2D eigenvalue weighted by molar-refractivity contribution is 5.70. The van der Waals surface area contributed by atoms with E-state index < -0.39 is 6.09 Å². The van der Waals surface area contributed by atoms with Crippen LogP contribution in [0.25, 0.3) is 0 Å². The predicted molar refractivity (Wildman–Crippen MR) is 132 cm³/mol.